The SMILES string of the molecule is Cc1sc2nc(C(C)Sc3nnc(Cc4cccs4)n3C3CCCCC3)[nH]c(=O)c2c1C. The van der Waals surface area contributed by atoms with Gasteiger partial charge in [-0.1, -0.05) is 37.1 Å². The van der Waals surface area contributed by atoms with E-state index in [1.54, 1.807) is 34.4 Å². The Morgan fingerprint density at radius 2 is 2.06 bits per heavy atom. The first-order chi connectivity index (χ1) is 15.5. The van der Waals surface area contributed by atoms with Gasteiger partial charge < -0.3 is 9.55 Å². The van der Waals surface area contributed by atoms with Gasteiger partial charge in [-0.2, -0.15) is 0 Å². The van der Waals surface area contributed by atoms with Crippen LogP contribution in [0.4, 0.5) is 0 Å². The highest BCUT2D eigenvalue weighted by molar-refractivity contribution is 7.99. The molecule has 4 heterocycles. The largest absolute Gasteiger partial charge is 0.309 e. The lowest BCUT2D eigenvalue weighted by Gasteiger charge is -2.26. The summed E-state index contributed by atoms with van der Waals surface area (Å²) in [5.74, 6) is 1.74. The normalized spacial score (nSPS) is 16.1. The number of thiophene rings is 2. The maximum absolute atomic E-state index is 12.8. The molecule has 0 aliphatic heterocycles. The first-order valence-corrected chi connectivity index (χ1v) is 13.7. The summed E-state index contributed by atoms with van der Waals surface area (Å²) >= 11 is 5.00. The molecule has 1 N–H and O–H groups in total. The fourth-order valence-corrected chi connectivity index (χ4v) is 7.20. The Balaban J connectivity index is 1.47. The number of aryl methyl sites for hydroxylation is 2. The van der Waals surface area contributed by atoms with Gasteiger partial charge in [0.2, 0.25) is 0 Å². The van der Waals surface area contributed by atoms with Crippen molar-refractivity contribution in [2.24, 2.45) is 0 Å². The third-order valence-electron chi connectivity index (χ3n) is 6.31. The second-order valence-electron chi connectivity index (χ2n) is 8.49. The van der Waals surface area contributed by atoms with Gasteiger partial charge in [-0.3, -0.25) is 4.79 Å². The average Bonchev–Trinajstić information content (AvgIpc) is 3.50. The van der Waals surface area contributed by atoms with Crippen LogP contribution in [0.25, 0.3) is 10.2 Å². The Morgan fingerprint density at radius 3 is 2.81 bits per heavy atom. The maximum Gasteiger partial charge on any atom is 0.259 e. The number of aromatic amines is 1. The molecule has 1 aliphatic carbocycles. The number of H-pyrrole nitrogens is 1. The molecule has 1 aliphatic rings. The van der Waals surface area contributed by atoms with E-state index in [0.717, 1.165) is 38.1 Å². The fraction of sp³-hybridized carbons (Fsp3) is 0.478. The van der Waals surface area contributed by atoms with E-state index in [1.165, 1.54) is 37.0 Å². The van der Waals surface area contributed by atoms with Crippen LogP contribution in [0.5, 0.6) is 0 Å². The molecule has 4 aromatic rings. The molecule has 168 valence electrons. The smallest absolute Gasteiger partial charge is 0.259 e. The van der Waals surface area contributed by atoms with Crippen molar-refractivity contribution in [2.75, 3.05) is 0 Å². The lowest BCUT2D eigenvalue weighted by atomic mass is 9.95. The summed E-state index contributed by atoms with van der Waals surface area (Å²) in [5.41, 5.74) is 0.979. The summed E-state index contributed by atoms with van der Waals surface area (Å²) in [6.07, 6.45) is 6.97. The minimum absolute atomic E-state index is 0.0315. The molecule has 1 fully saturated rings. The quantitative estimate of drug-likeness (QED) is 0.329. The van der Waals surface area contributed by atoms with E-state index in [9.17, 15) is 4.79 Å². The Morgan fingerprint density at radius 1 is 1.25 bits per heavy atom. The summed E-state index contributed by atoms with van der Waals surface area (Å²) in [4.78, 5) is 23.9. The van der Waals surface area contributed by atoms with E-state index in [0.29, 0.717) is 11.9 Å². The molecule has 0 aromatic carbocycles. The highest BCUT2D eigenvalue weighted by atomic mass is 32.2. The summed E-state index contributed by atoms with van der Waals surface area (Å²) in [5, 5.41) is 12.9. The molecule has 0 spiro atoms. The van der Waals surface area contributed by atoms with Crippen LogP contribution < -0.4 is 5.56 Å². The van der Waals surface area contributed by atoms with E-state index in [-0.39, 0.29) is 10.8 Å². The van der Waals surface area contributed by atoms with E-state index in [1.807, 2.05) is 13.8 Å². The van der Waals surface area contributed by atoms with Crippen LogP contribution >= 0.6 is 34.4 Å². The first-order valence-electron chi connectivity index (χ1n) is 11.1. The summed E-state index contributed by atoms with van der Waals surface area (Å²) in [7, 11) is 0. The molecular weight excluding hydrogens is 458 g/mol. The van der Waals surface area contributed by atoms with Gasteiger partial charge in [0.25, 0.3) is 5.56 Å². The molecule has 6 nitrogen and oxygen atoms in total. The van der Waals surface area contributed by atoms with Crippen LogP contribution in [0.15, 0.2) is 27.5 Å². The molecular formula is C23H27N5OS3. The number of hydrogen-bond acceptors (Lipinski definition) is 7. The number of fused-ring (bicyclic) bond motifs is 1. The Kier molecular flexibility index (Phi) is 6.22. The average molecular weight is 486 g/mol. The zero-order valence-electron chi connectivity index (χ0n) is 18.6. The van der Waals surface area contributed by atoms with Crippen LogP contribution in [-0.2, 0) is 6.42 Å². The lowest BCUT2D eigenvalue weighted by Crippen LogP contribution is -2.17. The second kappa shape index (κ2) is 9.11. The highest BCUT2D eigenvalue weighted by Crippen LogP contribution is 2.38. The highest BCUT2D eigenvalue weighted by Gasteiger charge is 2.25. The first kappa shape index (κ1) is 21.9. The van der Waals surface area contributed by atoms with Crippen LogP contribution in [0.1, 0.15) is 77.3 Å². The molecule has 0 saturated heterocycles. The van der Waals surface area contributed by atoms with Crippen molar-refractivity contribution in [3.8, 4) is 0 Å². The molecule has 1 atom stereocenters. The number of hydrogen-bond donors (Lipinski definition) is 1. The molecule has 4 aromatic heterocycles. The van der Waals surface area contributed by atoms with Crippen molar-refractivity contribution in [1.82, 2.24) is 24.7 Å². The summed E-state index contributed by atoms with van der Waals surface area (Å²) in [6, 6.07) is 4.69. The number of aromatic nitrogens is 5. The van der Waals surface area contributed by atoms with Gasteiger partial charge in [-0.25, -0.2) is 4.98 Å². The van der Waals surface area contributed by atoms with Crippen molar-refractivity contribution in [3.63, 3.8) is 0 Å². The number of thioether (sulfide) groups is 1. The topological polar surface area (TPSA) is 76.5 Å². The molecule has 0 radical (unpaired) electrons. The number of rotatable bonds is 6. The Labute approximate surface area is 199 Å². The fourth-order valence-electron chi connectivity index (χ4n) is 4.46. The second-order valence-corrected chi connectivity index (χ2v) is 12.0. The predicted molar refractivity (Wildman–Crippen MR) is 133 cm³/mol. The van der Waals surface area contributed by atoms with Crippen LogP contribution in [-0.4, -0.2) is 24.7 Å². The van der Waals surface area contributed by atoms with Crippen molar-refractivity contribution in [2.45, 2.75) is 75.7 Å². The van der Waals surface area contributed by atoms with Crippen molar-refractivity contribution in [1.29, 1.82) is 0 Å². The molecule has 5 rings (SSSR count). The third-order valence-corrected chi connectivity index (χ3v) is 9.36. The molecule has 32 heavy (non-hydrogen) atoms. The Bertz CT molecular complexity index is 1280. The van der Waals surface area contributed by atoms with Crippen molar-refractivity contribution < 1.29 is 0 Å². The van der Waals surface area contributed by atoms with Crippen molar-refractivity contribution >= 4 is 44.7 Å². The maximum atomic E-state index is 12.8. The third kappa shape index (κ3) is 4.18. The number of nitrogens with one attached hydrogen (secondary N) is 1. The lowest BCUT2D eigenvalue weighted by molar-refractivity contribution is 0.330. The molecule has 1 unspecified atom stereocenters. The van der Waals surface area contributed by atoms with Gasteiger partial charge in [0.05, 0.1) is 10.6 Å². The van der Waals surface area contributed by atoms with E-state index >= 15 is 0 Å². The van der Waals surface area contributed by atoms with E-state index < -0.39 is 0 Å². The van der Waals surface area contributed by atoms with Crippen molar-refractivity contribution in [3.05, 3.63) is 54.8 Å². The monoisotopic (exact) mass is 485 g/mol. The molecule has 9 heteroatoms. The van der Waals surface area contributed by atoms with Gasteiger partial charge in [0, 0.05) is 22.2 Å². The summed E-state index contributed by atoms with van der Waals surface area (Å²) in [6.45, 7) is 6.12. The van der Waals surface area contributed by atoms with Crippen LogP contribution in [0.3, 0.4) is 0 Å². The predicted octanol–water partition coefficient (Wildman–Crippen LogP) is 6.20. The minimum Gasteiger partial charge on any atom is -0.309 e. The van der Waals surface area contributed by atoms with Gasteiger partial charge in [-0.15, -0.1) is 32.9 Å². The van der Waals surface area contributed by atoms with E-state index in [2.05, 4.69) is 44.2 Å². The standard InChI is InChI=1S/C23H27N5OS3/c1-13-14(2)31-22-19(13)21(29)24-20(25-22)15(3)32-23-27-26-18(12-17-10-7-11-30-17)28(23)16-8-5-4-6-9-16/h7,10-11,15-16H,4-6,8-9,12H2,1-3H3,(H,24,25,29). The van der Waals surface area contributed by atoms with Gasteiger partial charge in [-0.05, 0) is 50.6 Å². The summed E-state index contributed by atoms with van der Waals surface area (Å²) < 4.78 is 2.37. The number of nitrogens with zero attached hydrogens (tertiary/aromatic N) is 4. The van der Waals surface area contributed by atoms with Gasteiger partial charge >= 0.3 is 0 Å². The van der Waals surface area contributed by atoms with Gasteiger partial charge in [0.1, 0.15) is 16.5 Å². The molecule has 0 amide bonds. The zero-order valence-corrected chi connectivity index (χ0v) is 21.0. The Hall–Kier alpha value is -1.97. The van der Waals surface area contributed by atoms with Crippen LogP contribution in [0.2, 0.25) is 0 Å². The zero-order chi connectivity index (χ0) is 22.2. The molecule has 1 saturated carbocycles. The minimum atomic E-state index is -0.0496. The van der Waals surface area contributed by atoms with Gasteiger partial charge in [0.15, 0.2) is 5.16 Å². The van der Waals surface area contributed by atoms with Crippen LogP contribution in [0, 0.1) is 13.8 Å². The van der Waals surface area contributed by atoms with E-state index in [4.69, 9.17) is 4.98 Å². The molecule has 0 bridgehead atoms.